The summed E-state index contributed by atoms with van der Waals surface area (Å²) in [5, 5.41) is 22.7. The van der Waals surface area contributed by atoms with Crippen LogP contribution in [0.25, 0.3) is 0 Å². The molecule has 1 unspecified atom stereocenters. The zero-order valence-electron chi connectivity index (χ0n) is 8.99. The van der Waals surface area contributed by atoms with Gasteiger partial charge in [0.05, 0.1) is 11.7 Å². The maximum absolute atomic E-state index is 9.90. The van der Waals surface area contributed by atoms with E-state index in [9.17, 15) is 10.2 Å². The fraction of sp³-hybridized carbons (Fsp3) is 1.00. The van der Waals surface area contributed by atoms with Crippen molar-refractivity contribution >= 4 is 11.8 Å². The number of thioether (sulfide) groups is 1. The Kier molecular flexibility index (Phi) is 4.70. The van der Waals surface area contributed by atoms with Crippen molar-refractivity contribution in [1.29, 1.82) is 0 Å². The van der Waals surface area contributed by atoms with E-state index in [1.54, 1.807) is 11.8 Å². The summed E-state index contributed by atoms with van der Waals surface area (Å²) in [5.41, 5.74) is -0.665. The number of rotatable bonds is 5. The van der Waals surface area contributed by atoms with E-state index in [0.717, 1.165) is 25.0 Å². The van der Waals surface area contributed by atoms with Crippen LogP contribution in [0.4, 0.5) is 0 Å². The minimum Gasteiger partial charge on any atom is -0.392 e. The predicted molar refractivity (Wildman–Crippen MR) is 60.7 cm³/mol. The SMILES string of the molecule is CSCC(C)(O)CN[C@@H]1CCC[C@H]1O. The van der Waals surface area contributed by atoms with E-state index >= 15 is 0 Å². The third-order valence-electron chi connectivity index (χ3n) is 2.68. The van der Waals surface area contributed by atoms with Gasteiger partial charge >= 0.3 is 0 Å². The molecule has 4 heteroatoms. The summed E-state index contributed by atoms with van der Waals surface area (Å²) in [6.07, 6.45) is 4.77. The van der Waals surface area contributed by atoms with Crippen LogP contribution in [-0.4, -0.2) is 46.5 Å². The van der Waals surface area contributed by atoms with E-state index in [1.165, 1.54) is 0 Å². The molecule has 1 aliphatic rings. The summed E-state index contributed by atoms with van der Waals surface area (Å²) in [6, 6.07) is 0.184. The molecule has 3 nitrogen and oxygen atoms in total. The largest absolute Gasteiger partial charge is 0.392 e. The van der Waals surface area contributed by atoms with E-state index in [0.29, 0.717) is 6.54 Å². The first-order valence-electron chi connectivity index (χ1n) is 5.18. The van der Waals surface area contributed by atoms with Crippen LogP contribution in [0.3, 0.4) is 0 Å². The van der Waals surface area contributed by atoms with Crippen molar-refractivity contribution in [3.8, 4) is 0 Å². The zero-order chi connectivity index (χ0) is 10.6. The van der Waals surface area contributed by atoms with Gasteiger partial charge in [0.15, 0.2) is 0 Å². The van der Waals surface area contributed by atoms with E-state index in [4.69, 9.17) is 0 Å². The first kappa shape index (κ1) is 12.3. The van der Waals surface area contributed by atoms with Crippen molar-refractivity contribution in [3.63, 3.8) is 0 Å². The molecule has 1 aliphatic carbocycles. The monoisotopic (exact) mass is 219 g/mol. The van der Waals surface area contributed by atoms with Crippen LogP contribution in [0.1, 0.15) is 26.2 Å². The number of hydrogen-bond donors (Lipinski definition) is 3. The maximum atomic E-state index is 9.90. The van der Waals surface area contributed by atoms with Crippen molar-refractivity contribution in [2.24, 2.45) is 0 Å². The average Bonchev–Trinajstić information content (AvgIpc) is 2.48. The second-order valence-electron chi connectivity index (χ2n) is 4.42. The second-order valence-corrected chi connectivity index (χ2v) is 5.28. The first-order chi connectivity index (χ1) is 6.55. The van der Waals surface area contributed by atoms with Crippen LogP contribution < -0.4 is 5.32 Å². The molecule has 0 radical (unpaired) electrons. The Morgan fingerprint density at radius 2 is 2.21 bits per heavy atom. The second kappa shape index (κ2) is 5.35. The number of aliphatic hydroxyl groups excluding tert-OH is 1. The standard InChI is InChI=1S/C10H21NO2S/c1-10(13,7-14-2)6-11-8-4-3-5-9(8)12/h8-9,11-13H,3-7H2,1-2H3/t8-,9-,10?/m1/s1. The summed E-state index contributed by atoms with van der Waals surface area (Å²) in [6.45, 7) is 2.40. The molecule has 0 heterocycles. The molecule has 1 saturated carbocycles. The van der Waals surface area contributed by atoms with Crippen molar-refractivity contribution in [2.75, 3.05) is 18.6 Å². The highest BCUT2D eigenvalue weighted by Crippen LogP contribution is 2.19. The van der Waals surface area contributed by atoms with Crippen LogP contribution in [-0.2, 0) is 0 Å². The fourth-order valence-corrected chi connectivity index (χ4v) is 2.62. The van der Waals surface area contributed by atoms with Crippen molar-refractivity contribution in [1.82, 2.24) is 5.32 Å². The Morgan fingerprint density at radius 1 is 1.50 bits per heavy atom. The Balaban J connectivity index is 2.25. The Bertz CT molecular complexity index is 176. The van der Waals surface area contributed by atoms with E-state index in [2.05, 4.69) is 5.32 Å². The van der Waals surface area contributed by atoms with Gasteiger partial charge in [-0.1, -0.05) is 0 Å². The lowest BCUT2D eigenvalue weighted by atomic mass is 10.1. The molecule has 0 aromatic heterocycles. The highest BCUT2D eigenvalue weighted by atomic mass is 32.2. The normalized spacial score (nSPS) is 31.7. The molecular weight excluding hydrogens is 198 g/mol. The van der Waals surface area contributed by atoms with E-state index in [1.807, 2.05) is 13.2 Å². The minimum absolute atomic E-state index is 0.184. The lowest BCUT2D eigenvalue weighted by molar-refractivity contribution is 0.0710. The van der Waals surface area contributed by atoms with Gasteiger partial charge in [0.25, 0.3) is 0 Å². The summed E-state index contributed by atoms with van der Waals surface area (Å²) in [7, 11) is 0. The Labute approximate surface area is 90.3 Å². The van der Waals surface area contributed by atoms with Gasteiger partial charge in [-0.2, -0.15) is 11.8 Å². The summed E-state index contributed by atoms with van der Waals surface area (Å²) in [4.78, 5) is 0. The lowest BCUT2D eigenvalue weighted by Gasteiger charge is -2.26. The third-order valence-corrected chi connectivity index (χ3v) is 3.59. The average molecular weight is 219 g/mol. The molecule has 3 atom stereocenters. The van der Waals surface area contributed by atoms with Crippen LogP contribution >= 0.6 is 11.8 Å². The van der Waals surface area contributed by atoms with Gasteiger partial charge in [-0.25, -0.2) is 0 Å². The molecule has 3 N–H and O–H groups in total. The molecule has 14 heavy (non-hydrogen) atoms. The third kappa shape index (κ3) is 3.77. The maximum Gasteiger partial charge on any atom is 0.0833 e. The topological polar surface area (TPSA) is 52.5 Å². The van der Waals surface area contributed by atoms with E-state index < -0.39 is 5.60 Å². The molecule has 0 spiro atoms. The van der Waals surface area contributed by atoms with Gasteiger partial charge in [0, 0.05) is 18.3 Å². The van der Waals surface area contributed by atoms with Crippen LogP contribution in [0.15, 0.2) is 0 Å². The quantitative estimate of drug-likeness (QED) is 0.634. The van der Waals surface area contributed by atoms with Gasteiger partial charge in [-0.05, 0) is 32.4 Å². The van der Waals surface area contributed by atoms with Crippen LogP contribution in [0.5, 0.6) is 0 Å². The van der Waals surface area contributed by atoms with E-state index in [-0.39, 0.29) is 12.1 Å². The molecule has 0 aliphatic heterocycles. The molecule has 0 saturated heterocycles. The lowest BCUT2D eigenvalue weighted by Crippen LogP contribution is -2.46. The minimum atomic E-state index is -0.665. The highest BCUT2D eigenvalue weighted by molar-refractivity contribution is 7.98. The zero-order valence-corrected chi connectivity index (χ0v) is 9.81. The van der Waals surface area contributed by atoms with Gasteiger partial charge in [0.1, 0.15) is 0 Å². The molecule has 0 aromatic rings. The molecule has 0 bridgehead atoms. The van der Waals surface area contributed by atoms with Gasteiger partial charge < -0.3 is 15.5 Å². The van der Waals surface area contributed by atoms with Gasteiger partial charge in [0.2, 0.25) is 0 Å². The fourth-order valence-electron chi connectivity index (χ4n) is 1.89. The molecular formula is C10H21NO2S. The molecule has 0 amide bonds. The number of hydrogen-bond acceptors (Lipinski definition) is 4. The van der Waals surface area contributed by atoms with Gasteiger partial charge in [-0.15, -0.1) is 0 Å². The Morgan fingerprint density at radius 3 is 2.71 bits per heavy atom. The Hall–Kier alpha value is 0.230. The van der Waals surface area contributed by atoms with Gasteiger partial charge in [-0.3, -0.25) is 0 Å². The first-order valence-corrected chi connectivity index (χ1v) is 6.57. The van der Waals surface area contributed by atoms with Crippen molar-refractivity contribution < 1.29 is 10.2 Å². The molecule has 0 aromatic carbocycles. The van der Waals surface area contributed by atoms with Crippen molar-refractivity contribution in [2.45, 2.75) is 43.9 Å². The highest BCUT2D eigenvalue weighted by Gasteiger charge is 2.27. The van der Waals surface area contributed by atoms with Crippen molar-refractivity contribution in [3.05, 3.63) is 0 Å². The summed E-state index contributed by atoms with van der Waals surface area (Å²) in [5.74, 6) is 0.725. The number of aliphatic hydroxyl groups is 2. The smallest absolute Gasteiger partial charge is 0.0833 e. The molecule has 1 rings (SSSR count). The van der Waals surface area contributed by atoms with Crippen LogP contribution in [0.2, 0.25) is 0 Å². The summed E-state index contributed by atoms with van der Waals surface area (Å²) < 4.78 is 0. The molecule has 84 valence electrons. The summed E-state index contributed by atoms with van der Waals surface area (Å²) >= 11 is 1.64. The molecule has 1 fully saturated rings. The predicted octanol–water partition coefficient (Wildman–Crippen LogP) is 0.603. The number of nitrogens with one attached hydrogen (secondary N) is 1. The van der Waals surface area contributed by atoms with Crippen LogP contribution in [0, 0.1) is 0 Å².